The van der Waals surface area contributed by atoms with Crippen LogP contribution in [0, 0.1) is 0 Å². The van der Waals surface area contributed by atoms with Crippen LogP contribution in [0.4, 0.5) is 0 Å². The van der Waals surface area contributed by atoms with E-state index in [1.54, 1.807) is 0 Å². The fourth-order valence-corrected chi connectivity index (χ4v) is 4.74. The zero-order valence-corrected chi connectivity index (χ0v) is 27.3. The number of hydrogen-bond donors (Lipinski definition) is 1. The second-order valence-corrected chi connectivity index (χ2v) is 11.3. The summed E-state index contributed by atoms with van der Waals surface area (Å²) < 4.78 is 5.86. The number of esters is 1. The molecule has 0 spiro atoms. The van der Waals surface area contributed by atoms with Gasteiger partial charge in [0.15, 0.2) is 0 Å². The maximum atomic E-state index is 12.4. The minimum atomic E-state index is -0.719. The Morgan fingerprint density at radius 3 is 1.55 bits per heavy atom. The standard InChI is InChI=1S/C38H64O4/c1-3-5-7-9-10-11-12-13-14-15-16-17-18-19-20-21-22-23-24-25-31-35-38(41)42-36(32-28-8-6-4-2)33-29-26-27-30-34-37(39)40/h5,7,10-11,13-14,16-17,19-20,36H,3-4,6,8-9,12,15,18,21-35H2,1-2H3,(H,39,40)/b7-5-,11-10-,14-13-,17-16-,20-19-. The van der Waals surface area contributed by atoms with Crippen LogP contribution >= 0.6 is 0 Å². The molecule has 1 atom stereocenters. The Hall–Kier alpha value is -2.36. The van der Waals surface area contributed by atoms with Gasteiger partial charge in [-0.25, -0.2) is 0 Å². The van der Waals surface area contributed by atoms with E-state index in [9.17, 15) is 9.59 Å². The Labute approximate surface area is 259 Å². The van der Waals surface area contributed by atoms with Gasteiger partial charge in [-0.05, 0) is 83.5 Å². The molecule has 0 aromatic heterocycles. The number of carboxylic acid groups (broad SMARTS) is 1. The van der Waals surface area contributed by atoms with E-state index in [0.717, 1.165) is 96.3 Å². The third-order valence-corrected chi connectivity index (χ3v) is 7.25. The Kier molecular flexibility index (Phi) is 31.3. The van der Waals surface area contributed by atoms with Crippen molar-refractivity contribution in [1.29, 1.82) is 0 Å². The fraction of sp³-hybridized carbons (Fsp3) is 0.684. The molecule has 0 fully saturated rings. The highest BCUT2D eigenvalue weighted by Gasteiger charge is 2.14. The minimum absolute atomic E-state index is 0.0253. The molecule has 4 nitrogen and oxygen atoms in total. The van der Waals surface area contributed by atoms with Crippen LogP contribution in [0.1, 0.15) is 162 Å². The molecule has 4 heteroatoms. The second kappa shape index (κ2) is 33.1. The van der Waals surface area contributed by atoms with Crippen molar-refractivity contribution in [2.45, 2.75) is 168 Å². The molecule has 0 saturated heterocycles. The van der Waals surface area contributed by atoms with E-state index in [1.165, 1.54) is 38.5 Å². The lowest BCUT2D eigenvalue weighted by molar-refractivity contribution is -0.150. The largest absolute Gasteiger partial charge is 0.481 e. The summed E-state index contributed by atoms with van der Waals surface area (Å²) in [5.41, 5.74) is 0. The van der Waals surface area contributed by atoms with E-state index in [-0.39, 0.29) is 18.5 Å². The number of aliphatic carboxylic acids is 1. The van der Waals surface area contributed by atoms with E-state index in [0.29, 0.717) is 6.42 Å². The first kappa shape index (κ1) is 39.6. The van der Waals surface area contributed by atoms with Crippen LogP contribution < -0.4 is 0 Å². The van der Waals surface area contributed by atoms with Crippen molar-refractivity contribution in [2.75, 3.05) is 0 Å². The van der Waals surface area contributed by atoms with Gasteiger partial charge in [-0.2, -0.15) is 0 Å². The van der Waals surface area contributed by atoms with Crippen molar-refractivity contribution in [2.24, 2.45) is 0 Å². The van der Waals surface area contributed by atoms with Gasteiger partial charge in [-0.3, -0.25) is 9.59 Å². The number of rotatable bonds is 30. The number of hydrogen-bond acceptors (Lipinski definition) is 3. The van der Waals surface area contributed by atoms with Gasteiger partial charge in [0.1, 0.15) is 6.10 Å². The summed E-state index contributed by atoms with van der Waals surface area (Å²) in [6.45, 7) is 4.37. The van der Waals surface area contributed by atoms with Gasteiger partial charge in [0.05, 0.1) is 0 Å². The molecule has 240 valence electrons. The van der Waals surface area contributed by atoms with Crippen molar-refractivity contribution in [1.82, 2.24) is 0 Å². The van der Waals surface area contributed by atoms with Crippen molar-refractivity contribution in [3.63, 3.8) is 0 Å². The normalized spacial score (nSPS) is 13.0. The molecule has 0 heterocycles. The Balaban J connectivity index is 3.83. The molecule has 0 rings (SSSR count). The van der Waals surface area contributed by atoms with Gasteiger partial charge in [-0.1, -0.05) is 126 Å². The van der Waals surface area contributed by atoms with Crippen LogP contribution in [0.2, 0.25) is 0 Å². The zero-order valence-electron chi connectivity index (χ0n) is 27.3. The molecular formula is C38H64O4. The molecule has 1 unspecified atom stereocenters. The predicted octanol–water partition coefficient (Wildman–Crippen LogP) is 11.8. The predicted molar refractivity (Wildman–Crippen MR) is 181 cm³/mol. The molecule has 0 aliphatic rings. The average Bonchev–Trinajstić information content (AvgIpc) is 2.97. The first-order chi connectivity index (χ1) is 20.6. The molecule has 0 aromatic carbocycles. The van der Waals surface area contributed by atoms with Crippen LogP contribution in [-0.2, 0) is 14.3 Å². The number of ether oxygens (including phenoxy) is 1. The SMILES string of the molecule is CC/C=C\C/C=C\C/C=C\C/C=C\C/C=C\CCCCCCCC(=O)OC(CCCCCC)CCCCCCC(=O)O. The van der Waals surface area contributed by atoms with Gasteiger partial charge in [0.2, 0.25) is 0 Å². The van der Waals surface area contributed by atoms with Crippen molar-refractivity contribution in [3.8, 4) is 0 Å². The van der Waals surface area contributed by atoms with Crippen molar-refractivity contribution in [3.05, 3.63) is 60.8 Å². The smallest absolute Gasteiger partial charge is 0.306 e. The van der Waals surface area contributed by atoms with Crippen molar-refractivity contribution < 1.29 is 19.4 Å². The fourth-order valence-electron chi connectivity index (χ4n) is 4.74. The van der Waals surface area contributed by atoms with Gasteiger partial charge in [0, 0.05) is 12.8 Å². The van der Waals surface area contributed by atoms with Crippen LogP contribution in [0.15, 0.2) is 60.8 Å². The molecule has 0 amide bonds. The molecule has 0 aromatic rings. The quantitative estimate of drug-likeness (QED) is 0.0518. The third-order valence-electron chi connectivity index (χ3n) is 7.25. The van der Waals surface area contributed by atoms with Gasteiger partial charge >= 0.3 is 11.9 Å². The highest BCUT2D eigenvalue weighted by Crippen LogP contribution is 2.17. The van der Waals surface area contributed by atoms with E-state index >= 15 is 0 Å². The lowest BCUT2D eigenvalue weighted by Gasteiger charge is -2.18. The van der Waals surface area contributed by atoms with Crippen LogP contribution in [0.25, 0.3) is 0 Å². The van der Waals surface area contributed by atoms with Crippen LogP contribution in [0.3, 0.4) is 0 Å². The highest BCUT2D eigenvalue weighted by atomic mass is 16.5. The first-order valence-corrected chi connectivity index (χ1v) is 17.3. The lowest BCUT2D eigenvalue weighted by atomic mass is 10.0. The highest BCUT2D eigenvalue weighted by molar-refractivity contribution is 5.69. The molecular weight excluding hydrogens is 520 g/mol. The molecule has 0 saturated carbocycles. The number of carbonyl (C=O) groups excluding carboxylic acids is 1. The van der Waals surface area contributed by atoms with Gasteiger partial charge in [-0.15, -0.1) is 0 Å². The molecule has 0 aliphatic carbocycles. The minimum Gasteiger partial charge on any atom is -0.481 e. The average molecular weight is 585 g/mol. The summed E-state index contributed by atoms with van der Waals surface area (Å²) in [7, 11) is 0. The lowest BCUT2D eigenvalue weighted by Crippen LogP contribution is -2.18. The Morgan fingerprint density at radius 2 is 1.00 bits per heavy atom. The summed E-state index contributed by atoms with van der Waals surface area (Å²) in [6.07, 6.45) is 45.3. The summed E-state index contributed by atoms with van der Waals surface area (Å²) >= 11 is 0. The number of allylic oxidation sites excluding steroid dienone is 10. The summed E-state index contributed by atoms with van der Waals surface area (Å²) in [5, 5.41) is 8.76. The van der Waals surface area contributed by atoms with Crippen LogP contribution in [0.5, 0.6) is 0 Å². The number of carbonyl (C=O) groups is 2. The number of carboxylic acids is 1. The monoisotopic (exact) mass is 584 g/mol. The van der Waals surface area contributed by atoms with Crippen LogP contribution in [-0.4, -0.2) is 23.1 Å². The third kappa shape index (κ3) is 32.2. The van der Waals surface area contributed by atoms with E-state index in [2.05, 4.69) is 74.6 Å². The first-order valence-electron chi connectivity index (χ1n) is 17.3. The zero-order chi connectivity index (χ0) is 30.8. The maximum absolute atomic E-state index is 12.4. The molecule has 42 heavy (non-hydrogen) atoms. The maximum Gasteiger partial charge on any atom is 0.306 e. The number of unbranched alkanes of at least 4 members (excludes halogenated alkanes) is 11. The topological polar surface area (TPSA) is 63.6 Å². The molecule has 1 N–H and O–H groups in total. The molecule has 0 radical (unpaired) electrons. The second-order valence-electron chi connectivity index (χ2n) is 11.3. The summed E-state index contributed by atoms with van der Waals surface area (Å²) in [4.78, 5) is 23.1. The van der Waals surface area contributed by atoms with E-state index < -0.39 is 5.97 Å². The van der Waals surface area contributed by atoms with E-state index in [1.807, 2.05) is 0 Å². The molecule has 0 bridgehead atoms. The Bertz CT molecular complexity index is 759. The van der Waals surface area contributed by atoms with E-state index in [4.69, 9.17) is 9.84 Å². The Morgan fingerprint density at radius 1 is 0.548 bits per heavy atom. The molecule has 0 aliphatic heterocycles. The van der Waals surface area contributed by atoms with Gasteiger partial charge in [0.25, 0.3) is 0 Å². The van der Waals surface area contributed by atoms with Crippen molar-refractivity contribution >= 4 is 11.9 Å². The summed E-state index contributed by atoms with van der Waals surface area (Å²) in [6, 6.07) is 0. The summed E-state index contributed by atoms with van der Waals surface area (Å²) in [5.74, 6) is -0.761. The van der Waals surface area contributed by atoms with Gasteiger partial charge < -0.3 is 9.84 Å².